The first-order valence-electron chi connectivity index (χ1n) is 5.08. The molecule has 0 aromatic heterocycles. The van der Waals surface area contributed by atoms with Crippen LogP contribution in [0.5, 0.6) is 0 Å². The minimum absolute atomic E-state index is 0.0152. The molecular formula is C10H21N3OS. The van der Waals surface area contributed by atoms with Crippen LogP contribution in [0.1, 0.15) is 13.8 Å². The van der Waals surface area contributed by atoms with Gasteiger partial charge >= 0.3 is 0 Å². The van der Waals surface area contributed by atoms with E-state index in [-0.39, 0.29) is 17.7 Å². The van der Waals surface area contributed by atoms with E-state index < -0.39 is 0 Å². The second-order valence-electron chi connectivity index (χ2n) is 4.04. The van der Waals surface area contributed by atoms with Gasteiger partial charge in [-0.15, -0.1) is 0 Å². The second kappa shape index (κ2) is 6.74. The number of hydrogen-bond donors (Lipinski definition) is 2. The van der Waals surface area contributed by atoms with E-state index in [1.807, 2.05) is 20.9 Å². The van der Waals surface area contributed by atoms with Crippen molar-refractivity contribution in [2.45, 2.75) is 13.8 Å². The zero-order chi connectivity index (χ0) is 12.0. The van der Waals surface area contributed by atoms with Crippen LogP contribution >= 0.6 is 12.2 Å². The van der Waals surface area contributed by atoms with Crippen molar-refractivity contribution in [3.05, 3.63) is 0 Å². The number of nitrogens with one attached hydrogen (secondary N) is 1. The molecule has 2 unspecified atom stereocenters. The van der Waals surface area contributed by atoms with Gasteiger partial charge in [-0.1, -0.05) is 26.1 Å². The lowest BCUT2D eigenvalue weighted by Crippen LogP contribution is -2.38. The van der Waals surface area contributed by atoms with Crippen molar-refractivity contribution in [2.75, 3.05) is 27.2 Å². The molecule has 0 aliphatic heterocycles. The quantitative estimate of drug-likeness (QED) is 0.642. The van der Waals surface area contributed by atoms with Crippen LogP contribution < -0.4 is 11.1 Å². The highest BCUT2D eigenvalue weighted by Gasteiger charge is 2.15. The van der Waals surface area contributed by atoms with Crippen LogP contribution in [0.2, 0.25) is 0 Å². The van der Waals surface area contributed by atoms with Gasteiger partial charge in [0, 0.05) is 32.0 Å². The van der Waals surface area contributed by atoms with Gasteiger partial charge in [0.05, 0.1) is 4.99 Å². The van der Waals surface area contributed by atoms with E-state index in [0.717, 1.165) is 6.54 Å². The Morgan fingerprint density at radius 3 is 2.27 bits per heavy atom. The van der Waals surface area contributed by atoms with Crippen LogP contribution in [-0.4, -0.2) is 43.0 Å². The Morgan fingerprint density at radius 1 is 1.40 bits per heavy atom. The molecule has 0 aliphatic carbocycles. The number of carbonyl (C=O) groups excluding carboxylic acids is 1. The van der Waals surface area contributed by atoms with Gasteiger partial charge in [-0.3, -0.25) is 4.79 Å². The average Bonchev–Trinajstić information content (AvgIpc) is 2.15. The monoisotopic (exact) mass is 231 g/mol. The van der Waals surface area contributed by atoms with Crippen molar-refractivity contribution in [3.8, 4) is 0 Å². The van der Waals surface area contributed by atoms with Gasteiger partial charge in [0.15, 0.2) is 0 Å². The Hall–Kier alpha value is -0.680. The summed E-state index contributed by atoms with van der Waals surface area (Å²) in [4.78, 5) is 13.9. The van der Waals surface area contributed by atoms with Gasteiger partial charge in [0.1, 0.15) is 0 Å². The zero-order valence-corrected chi connectivity index (χ0v) is 10.7. The third-order valence-electron chi connectivity index (χ3n) is 2.35. The van der Waals surface area contributed by atoms with Crippen molar-refractivity contribution < 1.29 is 4.79 Å². The van der Waals surface area contributed by atoms with Crippen LogP contribution in [0.4, 0.5) is 0 Å². The molecule has 0 aromatic rings. The first-order chi connectivity index (χ1) is 6.88. The van der Waals surface area contributed by atoms with Crippen LogP contribution in [0, 0.1) is 11.8 Å². The fourth-order valence-corrected chi connectivity index (χ4v) is 1.50. The van der Waals surface area contributed by atoms with Crippen LogP contribution in [-0.2, 0) is 4.79 Å². The van der Waals surface area contributed by atoms with E-state index in [9.17, 15) is 4.79 Å². The summed E-state index contributed by atoms with van der Waals surface area (Å²) in [5.74, 6) is 0.227. The molecule has 0 heterocycles. The molecule has 4 nitrogen and oxygen atoms in total. The van der Waals surface area contributed by atoms with Gasteiger partial charge in [-0.2, -0.15) is 0 Å². The summed E-state index contributed by atoms with van der Waals surface area (Å²) in [6, 6.07) is 0. The molecule has 0 saturated carbocycles. The molecule has 88 valence electrons. The molecule has 2 atom stereocenters. The van der Waals surface area contributed by atoms with Gasteiger partial charge < -0.3 is 16.0 Å². The molecule has 0 radical (unpaired) electrons. The fourth-order valence-electron chi connectivity index (χ4n) is 1.43. The Labute approximate surface area is 97.2 Å². The van der Waals surface area contributed by atoms with Gasteiger partial charge in [0.25, 0.3) is 0 Å². The molecule has 0 aromatic carbocycles. The van der Waals surface area contributed by atoms with E-state index in [4.69, 9.17) is 18.0 Å². The lowest BCUT2D eigenvalue weighted by molar-refractivity contribution is -0.124. The van der Waals surface area contributed by atoms with Crippen molar-refractivity contribution in [1.29, 1.82) is 0 Å². The standard InChI is InChI=1S/C10H21N3OS/c1-7(9(11)15)5-13(4)6-8(2)10(14)12-3/h7-8H,5-6H2,1-4H3,(H2,11,15)(H,12,14). The molecule has 0 rings (SSSR count). The van der Waals surface area contributed by atoms with Gasteiger partial charge in [-0.25, -0.2) is 0 Å². The third kappa shape index (κ3) is 5.69. The molecule has 0 saturated heterocycles. The molecule has 0 aliphatic rings. The van der Waals surface area contributed by atoms with Crippen LogP contribution in [0.15, 0.2) is 0 Å². The van der Waals surface area contributed by atoms with E-state index in [2.05, 4.69) is 10.2 Å². The highest BCUT2D eigenvalue weighted by atomic mass is 32.1. The summed E-state index contributed by atoms with van der Waals surface area (Å²) in [6.45, 7) is 5.40. The normalized spacial score (nSPS) is 14.7. The number of thiocarbonyl (C=S) groups is 1. The van der Waals surface area contributed by atoms with Crippen LogP contribution in [0.3, 0.4) is 0 Å². The number of amides is 1. The Bertz CT molecular complexity index is 233. The summed E-state index contributed by atoms with van der Waals surface area (Å²) in [5, 5.41) is 2.63. The van der Waals surface area contributed by atoms with E-state index in [1.54, 1.807) is 7.05 Å². The zero-order valence-electron chi connectivity index (χ0n) is 9.91. The number of hydrogen-bond acceptors (Lipinski definition) is 3. The SMILES string of the molecule is CNC(=O)C(C)CN(C)CC(C)C(N)=S. The molecule has 3 N–H and O–H groups in total. The lowest BCUT2D eigenvalue weighted by Gasteiger charge is -2.23. The number of rotatable bonds is 6. The Kier molecular flexibility index (Phi) is 6.43. The molecular weight excluding hydrogens is 210 g/mol. The maximum Gasteiger partial charge on any atom is 0.223 e. The van der Waals surface area contributed by atoms with Crippen molar-refractivity contribution >= 4 is 23.1 Å². The predicted molar refractivity (Wildman–Crippen MR) is 66.7 cm³/mol. The van der Waals surface area contributed by atoms with E-state index in [0.29, 0.717) is 11.5 Å². The first kappa shape index (κ1) is 14.3. The second-order valence-corrected chi connectivity index (χ2v) is 4.51. The summed E-state index contributed by atoms with van der Waals surface area (Å²) in [7, 11) is 3.62. The van der Waals surface area contributed by atoms with Crippen molar-refractivity contribution in [1.82, 2.24) is 10.2 Å². The van der Waals surface area contributed by atoms with E-state index in [1.165, 1.54) is 0 Å². The van der Waals surface area contributed by atoms with Crippen molar-refractivity contribution in [2.24, 2.45) is 17.6 Å². The topological polar surface area (TPSA) is 58.4 Å². The molecule has 15 heavy (non-hydrogen) atoms. The first-order valence-corrected chi connectivity index (χ1v) is 5.48. The molecule has 0 spiro atoms. The summed E-state index contributed by atoms with van der Waals surface area (Å²) < 4.78 is 0. The summed E-state index contributed by atoms with van der Waals surface area (Å²) >= 11 is 4.90. The molecule has 5 heteroatoms. The maximum absolute atomic E-state index is 11.3. The Balaban J connectivity index is 3.97. The fraction of sp³-hybridized carbons (Fsp3) is 0.800. The third-order valence-corrected chi connectivity index (χ3v) is 2.75. The number of nitrogens with two attached hydrogens (primary N) is 1. The van der Waals surface area contributed by atoms with E-state index >= 15 is 0 Å². The highest BCUT2D eigenvalue weighted by molar-refractivity contribution is 7.80. The number of nitrogens with zero attached hydrogens (tertiary/aromatic N) is 1. The van der Waals surface area contributed by atoms with Gasteiger partial charge in [-0.05, 0) is 7.05 Å². The smallest absolute Gasteiger partial charge is 0.223 e. The molecule has 1 amide bonds. The van der Waals surface area contributed by atoms with Gasteiger partial charge in [0.2, 0.25) is 5.91 Å². The highest BCUT2D eigenvalue weighted by Crippen LogP contribution is 2.03. The summed E-state index contributed by atoms with van der Waals surface area (Å²) in [5.41, 5.74) is 5.53. The summed E-state index contributed by atoms with van der Waals surface area (Å²) in [6.07, 6.45) is 0. The number of carbonyl (C=O) groups is 1. The lowest BCUT2D eigenvalue weighted by atomic mass is 10.1. The molecule has 0 fully saturated rings. The maximum atomic E-state index is 11.3. The van der Waals surface area contributed by atoms with Crippen molar-refractivity contribution in [3.63, 3.8) is 0 Å². The minimum atomic E-state index is -0.0152. The molecule has 0 bridgehead atoms. The predicted octanol–water partition coefficient (Wildman–Crippen LogP) is 0.223. The minimum Gasteiger partial charge on any atom is -0.393 e. The largest absolute Gasteiger partial charge is 0.393 e. The Morgan fingerprint density at radius 2 is 1.87 bits per heavy atom. The average molecular weight is 231 g/mol. The van der Waals surface area contributed by atoms with Crippen LogP contribution in [0.25, 0.3) is 0 Å².